The molecule has 4 nitrogen and oxygen atoms in total. The van der Waals surface area contributed by atoms with Crippen molar-refractivity contribution in [2.75, 3.05) is 16.8 Å². The Balaban J connectivity index is 1.80. The van der Waals surface area contributed by atoms with Gasteiger partial charge in [-0.25, -0.2) is 0 Å². The van der Waals surface area contributed by atoms with Gasteiger partial charge in [0.05, 0.1) is 0 Å². The number of nitrogens with one attached hydrogen (secondary N) is 1. The van der Waals surface area contributed by atoms with E-state index in [0.29, 0.717) is 23.1 Å². The predicted molar refractivity (Wildman–Crippen MR) is 88.7 cm³/mol. The van der Waals surface area contributed by atoms with E-state index in [-0.39, 0.29) is 5.91 Å². The van der Waals surface area contributed by atoms with Gasteiger partial charge < -0.3 is 11.1 Å². The minimum atomic E-state index is -0.875. The molecule has 1 aromatic carbocycles. The van der Waals surface area contributed by atoms with Crippen LogP contribution in [0.1, 0.15) is 44.1 Å². The molecule has 116 valence electrons. The molecule has 3 N–H and O–H groups in total. The topological polar surface area (TPSA) is 72.2 Å². The summed E-state index contributed by atoms with van der Waals surface area (Å²) in [5.74, 6) is 0.386. The molecule has 0 heterocycles. The minimum absolute atomic E-state index is 0.0768. The second kappa shape index (κ2) is 7.59. The Morgan fingerprint density at radius 3 is 2.71 bits per heavy atom. The molecule has 1 amide bonds. The Morgan fingerprint density at radius 1 is 1.33 bits per heavy atom. The third kappa shape index (κ3) is 4.84. The monoisotopic (exact) mass is 308 g/mol. The number of amides is 1. The number of nitrogen functional groups attached to an aromatic ring is 1. The van der Waals surface area contributed by atoms with Crippen molar-refractivity contribution in [3.05, 3.63) is 23.8 Å². The molecule has 1 saturated carbocycles. The lowest BCUT2D eigenvalue weighted by Crippen LogP contribution is -2.23. The van der Waals surface area contributed by atoms with Gasteiger partial charge in [0.1, 0.15) is 0 Å². The standard InChI is InChI=1S/C16H24N2O2S/c1-12-11-13(17)7-8-15(12)18-16(19)9-10-21(20)14-5-3-2-4-6-14/h7-8,11,14H,2-6,9-10,17H2,1H3,(H,18,19). The van der Waals surface area contributed by atoms with Crippen molar-refractivity contribution in [3.8, 4) is 0 Å². The molecular formula is C16H24N2O2S. The van der Waals surface area contributed by atoms with E-state index >= 15 is 0 Å². The van der Waals surface area contributed by atoms with E-state index in [2.05, 4.69) is 5.32 Å². The molecule has 0 radical (unpaired) electrons. The van der Waals surface area contributed by atoms with Crippen LogP contribution in [0.25, 0.3) is 0 Å². The van der Waals surface area contributed by atoms with Gasteiger partial charge in [0, 0.05) is 39.6 Å². The summed E-state index contributed by atoms with van der Waals surface area (Å²) in [6, 6.07) is 5.40. The van der Waals surface area contributed by atoms with Crippen LogP contribution in [-0.2, 0) is 15.6 Å². The maximum atomic E-state index is 12.2. The van der Waals surface area contributed by atoms with E-state index in [0.717, 1.165) is 24.1 Å². The number of carbonyl (C=O) groups is 1. The molecule has 0 saturated heterocycles. The number of carbonyl (C=O) groups excluding carboxylic acids is 1. The number of benzene rings is 1. The van der Waals surface area contributed by atoms with Gasteiger partial charge in [-0.05, 0) is 43.5 Å². The van der Waals surface area contributed by atoms with Gasteiger partial charge in [0.2, 0.25) is 5.91 Å². The summed E-state index contributed by atoms with van der Waals surface area (Å²) in [5, 5.41) is 3.16. The van der Waals surface area contributed by atoms with Crippen LogP contribution in [0, 0.1) is 6.92 Å². The molecule has 1 aliphatic rings. The third-order valence-corrected chi connectivity index (χ3v) is 5.80. The van der Waals surface area contributed by atoms with Crippen LogP contribution in [0.4, 0.5) is 11.4 Å². The molecule has 1 atom stereocenters. The molecule has 1 fully saturated rings. The Hall–Kier alpha value is -1.36. The number of hydrogen-bond donors (Lipinski definition) is 2. The van der Waals surface area contributed by atoms with Crippen molar-refractivity contribution in [1.29, 1.82) is 0 Å². The van der Waals surface area contributed by atoms with Crippen molar-refractivity contribution < 1.29 is 9.00 Å². The minimum Gasteiger partial charge on any atom is -0.399 e. The van der Waals surface area contributed by atoms with Crippen LogP contribution in [-0.4, -0.2) is 21.1 Å². The van der Waals surface area contributed by atoms with Crippen LogP contribution in [0.5, 0.6) is 0 Å². The largest absolute Gasteiger partial charge is 0.399 e. The normalized spacial score (nSPS) is 17.4. The van der Waals surface area contributed by atoms with Crippen LogP contribution >= 0.6 is 0 Å². The molecule has 0 aromatic heterocycles. The highest BCUT2D eigenvalue weighted by Gasteiger charge is 2.20. The van der Waals surface area contributed by atoms with Crippen molar-refractivity contribution >= 4 is 28.1 Å². The first-order valence-corrected chi connectivity index (χ1v) is 8.97. The van der Waals surface area contributed by atoms with Crippen LogP contribution < -0.4 is 11.1 Å². The zero-order chi connectivity index (χ0) is 15.2. The smallest absolute Gasteiger partial charge is 0.225 e. The second-order valence-corrected chi connectivity index (χ2v) is 7.55. The second-order valence-electron chi connectivity index (χ2n) is 5.72. The quantitative estimate of drug-likeness (QED) is 0.821. The van der Waals surface area contributed by atoms with Gasteiger partial charge in [-0.2, -0.15) is 0 Å². The molecule has 2 rings (SSSR count). The molecule has 1 aromatic rings. The highest BCUT2D eigenvalue weighted by atomic mass is 32.2. The number of aryl methyl sites for hydroxylation is 1. The average Bonchev–Trinajstić information content (AvgIpc) is 2.48. The zero-order valence-corrected chi connectivity index (χ0v) is 13.4. The highest BCUT2D eigenvalue weighted by Crippen LogP contribution is 2.22. The number of nitrogens with two attached hydrogens (primary N) is 1. The number of rotatable bonds is 5. The van der Waals surface area contributed by atoms with Gasteiger partial charge in [0.15, 0.2) is 0 Å². The Labute approximate surface area is 129 Å². The number of hydrogen-bond acceptors (Lipinski definition) is 3. The van der Waals surface area contributed by atoms with E-state index in [1.54, 1.807) is 12.1 Å². The van der Waals surface area contributed by atoms with Crippen LogP contribution in [0.2, 0.25) is 0 Å². The van der Waals surface area contributed by atoms with Gasteiger partial charge in [-0.3, -0.25) is 9.00 Å². The predicted octanol–water partition coefficient (Wildman–Crippen LogP) is 2.99. The van der Waals surface area contributed by atoms with Crippen LogP contribution in [0.3, 0.4) is 0 Å². The van der Waals surface area contributed by atoms with E-state index in [4.69, 9.17) is 5.73 Å². The summed E-state index contributed by atoms with van der Waals surface area (Å²) in [6.45, 7) is 1.91. The third-order valence-electron chi connectivity index (χ3n) is 3.98. The zero-order valence-electron chi connectivity index (χ0n) is 12.6. The molecule has 0 spiro atoms. The summed E-state index contributed by atoms with van der Waals surface area (Å²) < 4.78 is 12.2. The first kappa shape index (κ1) is 16.0. The molecule has 1 aliphatic carbocycles. The molecule has 21 heavy (non-hydrogen) atoms. The van der Waals surface area contributed by atoms with Gasteiger partial charge in [0.25, 0.3) is 0 Å². The Bertz CT molecular complexity index is 525. The Kier molecular flexibility index (Phi) is 5.79. The van der Waals surface area contributed by atoms with Crippen molar-refractivity contribution in [1.82, 2.24) is 0 Å². The highest BCUT2D eigenvalue weighted by molar-refractivity contribution is 7.85. The summed E-state index contributed by atoms with van der Waals surface area (Å²) in [6.07, 6.45) is 6.01. The lowest BCUT2D eigenvalue weighted by atomic mass is 10.0. The lowest BCUT2D eigenvalue weighted by molar-refractivity contribution is -0.115. The van der Waals surface area contributed by atoms with Gasteiger partial charge in [-0.1, -0.05) is 19.3 Å². The summed E-state index contributed by atoms with van der Waals surface area (Å²) in [7, 11) is -0.875. The summed E-state index contributed by atoms with van der Waals surface area (Å²) >= 11 is 0. The lowest BCUT2D eigenvalue weighted by Gasteiger charge is -2.20. The van der Waals surface area contributed by atoms with Gasteiger partial charge >= 0.3 is 0 Å². The molecule has 0 aliphatic heterocycles. The maximum absolute atomic E-state index is 12.2. The van der Waals surface area contributed by atoms with Gasteiger partial charge in [-0.15, -0.1) is 0 Å². The fourth-order valence-electron chi connectivity index (χ4n) is 2.73. The van der Waals surface area contributed by atoms with Crippen LogP contribution in [0.15, 0.2) is 18.2 Å². The van der Waals surface area contributed by atoms with E-state index in [1.807, 2.05) is 13.0 Å². The van der Waals surface area contributed by atoms with E-state index in [9.17, 15) is 9.00 Å². The fourth-order valence-corrected chi connectivity index (χ4v) is 4.31. The fraction of sp³-hybridized carbons (Fsp3) is 0.562. The van der Waals surface area contributed by atoms with Crippen molar-refractivity contribution in [2.24, 2.45) is 0 Å². The first-order valence-electron chi connectivity index (χ1n) is 7.59. The molecule has 5 heteroatoms. The summed E-state index contributed by atoms with van der Waals surface area (Å²) in [4.78, 5) is 12.0. The number of anilines is 2. The average molecular weight is 308 g/mol. The maximum Gasteiger partial charge on any atom is 0.225 e. The molecular weight excluding hydrogens is 284 g/mol. The van der Waals surface area contributed by atoms with Crippen molar-refractivity contribution in [3.63, 3.8) is 0 Å². The SMILES string of the molecule is Cc1cc(N)ccc1NC(=O)CCS(=O)C1CCCCC1. The summed E-state index contributed by atoms with van der Waals surface area (Å²) in [5.41, 5.74) is 8.09. The van der Waals surface area contributed by atoms with Crippen molar-refractivity contribution in [2.45, 2.75) is 50.7 Å². The van der Waals surface area contributed by atoms with E-state index in [1.165, 1.54) is 19.3 Å². The first-order chi connectivity index (χ1) is 10.1. The van der Waals surface area contributed by atoms with E-state index < -0.39 is 10.8 Å². The molecule has 1 unspecified atom stereocenters. The molecule has 0 bridgehead atoms. The Morgan fingerprint density at radius 2 is 2.05 bits per heavy atom.